The van der Waals surface area contributed by atoms with E-state index in [0.29, 0.717) is 10.7 Å². The smallest absolute Gasteiger partial charge is 0.262 e. The maximum absolute atomic E-state index is 12.0. The van der Waals surface area contributed by atoms with Crippen molar-refractivity contribution in [3.05, 3.63) is 28.8 Å². The number of rotatable bonds is 3. The lowest BCUT2D eigenvalue weighted by atomic mass is 10.2. The van der Waals surface area contributed by atoms with E-state index in [1.807, 2.05) is 6.92 Å². The summed E-state index contributed by atoms with van der Waals surface area (Å²) >= 11 is 7.06. The van der Waals surface area contributed by atoms with E-state index in [1.54, 1.807) is 18.2 Å². The van der Waals surface area contributed by atoms with E-state index in [4.69, 9.17) is 11.6 Å². The molecule has 0 fully saturated rings. The fraction of sp³-hybridized carbons (Fsp3) is 0.286. The van der Waals surface area contributed by atoms with Gasteiger partial charge in [0.1, 0.15) is 5.25 Å². The number of carbonyl (C=O) groups is 3. The van der Waals surface area contributed by atoms with Gasteiger partial charge in [-0.15, -0.1) is 0 Å². The van der Waals surface area contributed by atoms with Crippen molar-refractivity contribution in [1.29, 1.82) is 0 Å². The van der Waals surface area contributed by atoms with Crippen LogP contribution in [0.3, 0.4) is 0 Å². The average Bonchev–Trinajstić information content (AvgIpc) is 2.73. The van der Waals surface area contributed by atoms with E-state index in [2.05, 4.69) is 15.6 Å². The van der Waals surface area contributed by atoms with Crippen molar-refractivity contribution in [2.45, 2.75) is 25.5 Å². The Labute approximate surface area is 136 Å². The molecule has 2 N–H and O–H groups in total. The Kier molecular flexibility index (Phi) is 5.20. The summed E-state index contributed by atoms with van der Waals surface area (Å²) < 4.78 is 0. The Morgan fingerprint density at radius 3 is 2.73 bits per heavy atom. The first-order valence-corrected chi connectivity index (χ1v) is 7.73. The maximum atomic E-state index is 12.0. The average molecular weight is 340 g/mol. The molecule has 1 heterocycles. The maximum Gasteiger partial charge on any atom is 0.262 e. The summed E-state index contributed by atoms with van der Waals surface area (Å²) in [4.78, 5) is 38.3. The van der Waals surface area contributed by atoms with E-state index in [1.165, 1.54) is 6.92 Å². The highest BCUT2D eigenvalue weighted by Gasteiger charge is 2.30. The molecular weight excluding hydrogens is 326 g/mol. The molecule has 6 nitrogen and oxygen atoms in total. The summed E-state index contributed by atoms with van der Waals surface area (Å²) in [7, 11) is 0. The molecule has 1 atom stereocenters. The van der Waals surface area contributed by atoms with Crippen LogP contribution in [0.5, 0.6) is 0 Å². The fourth-order valence-corrected chi connectivity index (χ4v) is 2.96. The van der Waals surface area contributed by atoms with Gasteiger partial charge < -0.3 is 10.6 Å². The van der Waals surface area contributed by atoms with Gasteiger partial charge in [-0.3, -0.25) is 14.4 Å². The Hall–Kier alpha value is -1.86. The molecule has 0 saturated carbocycles. The number of hydrogen-bond donors (Lipinski definition) is 2. The van der Waals surface area contributed by atoms with Gasteiger partial charge in [-0.05, 0) is 24.6 Å². The highest BCUT2D eigenvalue weighted by atomic mass is 35.5. The van der Waals surface area contributed by atoms with Crippen LogP contribution in [0.4, 0.5) is 5.69 Å². The normalized spacial score (nSPS) is 17.1. The molecule has 1 aliphatic heterocycles. The van der Waals surface area contributed by atoms with Gasteiger partial charge in [-0.2, -0.15) is 4.99 Å². The van der Waals surface area contributed by atoms with Gasteiger partial charge in [0.2, 0.25) is 11.8 Å². The van der Waals surface area contributed by atoms with Gasteiger partial charge in [0.25, 0.3) is 5.91 Å². The molecule has 0 spiro atoms. The van der Waals surface area contributed by atoms with E-state index >= 15 is 0 Å². The Morgan fingerprint density at radius 1 is 1.36 bits per heavy atom. The number of nitrogens with one attached hydrogen (secondary N) is 2. The van der Waals surface area contributed by atoms with Gasteiger partial charge >= 0.3 is 0 Å². The van der Waals surface area contributed by atoms with Crippen LogP contribution < -0.4 is 10.6 Å². The van der Waals surface area contributed by atoms with E-state index in [0.717, 1.165) is 17.3 Å². The summed E-state index contributed by atoms with van der Waals surface area (Å²) in [5.74, 6) is -1.05. The molecule has 3 amide bonds. The summed E-state index contributed by atoms with van der Waals surface area (Å²) in [6.07, 6.45) is -0.0262. The third-order valence-corrected chi connectivity index (χ3v) is 4.33. The second kappa shape index (κ2) is 6.93. The minimum atomic E-state index is -0.622. The first kappa shape index (κ1) is 16.5. The second-order valence-electron chi connectivity index (χ2n) is 4.76. The lowest BCUT2D eigenvalue weighted by Gasteiger charge is -2.09. The first-order valence-electron chi connectivity index (χ1n) is 6.48. The molecule has 2 rings (SSSR count). The molecule has 1 unspecified atom stereocenters. The minimum Gasteiger partial charge on any atom is -0.326 e. The van der Waals surface area contributed by atoms with Crippen molar-refractivity contribution in [2.75, 3.05) is 5.32 Å². The van der Waals surface area contributed by atoms with Crippen LogP contribution in [0.25, 0.3) is 0 Å². The highest BCUT2D eigenvalue weighted by Crippen LogP contribution is 2.25. The zero-order valence-corrected chi connectivity index (χ0v) is 13.5. The standard InChI is InChI=1S/C14H14ClN3O3S/c1-7-3-4-9(5-10(7)15)17-12(20)6-11-13(21)18-14(22-11)16-8(2)19/h3-5,11H,6H2,1-2H3,(H,17,20)(H,16,18,19,21). The summed E-state index contributed by atoms with van der Waals surface area (Å²) in [5, 5.41) is 5.29. The molecule has 0 aromatic heterocycles. The number of benzene rings is 1. The summed E-state index contributed by atoms with van der Waals surface area (Å²) in [6, 6.07) is 5.19. The van der Waals surface area contributed by atoms with Crippen LogP contribution in [0.15, 0.2) is 23.2 Å². The number of thioether (sulfide) groups is 1. The molecular formula is C14H14ClN3O3S. The quantitative estimate of drug-likeness (QED) is 0.882. The number of amides is 3. The lowest BCUT2D eigenvalue weighted by Crippen LogP contribution is -2.25. The van der Waals surface area contributed by atoms with Gasteiger partial charge in [-0.1, -0.05) is 29.4 Å². The van der Waals surface area contributed by atoms with E-state index in [9.17, 15) is 14.4 Å². The predicted molar refractivity (Wildman–Crippen MR) is 87.1 cm³/mol. The Balaban J connectivity index is 1.91. The van der Waals surface area contributed by atoms with Crippen LogP contribution in [-0.4, -0.2) is 28.1 Å². The van der Waals surface area contributed by atoms with Gasteiger partial charge in [-0.25, -0.2) is 0 Å². The van der Waals surface area contributed by atoms with Crippen molar-refractivity contribution in [2.24, 2.45) is 4.99 Å². The number of halogens is 1. The van der Waals surface area contributed by atoms with Gasteiger partial charge in [0.15, 0.2) is 5.17 Å². The largest absolute Gasteiger partial charge is 0.326 e. The van der Waals surface area contributed by atoms with Crippen molar-refractivity contribution in [1.82, 2.24) is 5.32 Å². The van der Waals surface area contributed by atoms with Crippen molar-refractivity contribution >= 4 is 51.9 Å². The van der Waals surface area contributed by atoms with Crippen molar-refractivity contribution in [3.8, 4) is 0 Å². The fourth-order valence-electron chi connectivity index (χ4n) is 1.77. The molecule has 1 aromatic rings. The molecule has 8 heteroatoms. The lowest BCUT2D eigenvalue weighted by molar-refractivity contribution is -0.121. The zero-order valence-electron chi connectivity index (χ0n) is 12.0. The first-order chi connectivity index (χ1) is 10.3. The molecule has 0 bridgehead atoms. The van der Waals surface area contributed by atoms with Crippen LogP contribution in [0, 0.1) is 6.92 Å². The molecule has 0 radical (unpaired) electrons. The number of carbonyl (C=O) groups excluding carboxylic acids is 3. The Bertz CT molecular complexity index is 675. The third kappa shape index (κ3) is 4.32. The topological polar surface area (TPSA) is 87.6 Å². The van der Waals surface area contributed by atoms with Crippen molar-refractivity contribution < 1.29 is 14.4 Å². The SMILES string of the molecule is CC(=O)NC1=NC(=O)C(CC(=O)Nc2ccc(C)c(Cl)c2)S1. The second-order valence-corrected chi connectivity index (χ2v) is 6.36. The zero-order chi connectivity index (χ0) is 16.3. The van der Waals surface area contributed by atoms with Crippen LogP contribution >= 0.6 is 23.4 Å². The van der Waals surface area contributed by atoms with Crippen LogP contribution in [0.2, 0.25) is 5.02 Å². The van der Waals surface area contributed by atoms with Gasteiger partial charge in [0, 0.05) is 24.1 Å². The van der Waals surface area contributed by atoms with Crippen LogP contribution in [0.1, 0.15) is 18.9 Å². The molecule has 1 aromatic carbocycles. The van der Waals surface area contributed by atoms with E-state index < -0.39 is 11.2 Å². The Morgan fingerprint density at radius 2 is 2.09 bits per heavy atom. The molecule has 1 aliphatic rings. The molecule has 0 saturated heterocycles. The van der Waals surface area contributed by atoms with Crippen molar-refractivity contribution in [3.63, 3.8) is 0 Å². The predicted octanol–water partition coefficient (Wildman–Crippen LogP) is 2.11. The molecule has 116 valence electrons. The molecule has 0 aliphatic carbocycles. The number of amidine groups is 1. The summed E-state index contributed by atoms with van der Waals surface area (Å²) in [6.45, 7) is 3.19. The highest BCUT2D eigenvalue weighted by molar-refractivity contribution is 8.15. The third-order valence-electron chi connectivity index (χ3n) is 2.85. The summed E-state index contributed by atoms with van der Waals surface area (Å²) in [5.41, 5.74) is 1.48. The monoisotopic (exact) mass is 339 g/mol. The van der Waals surface area contributed by atoms with Gasteiger partial charge in [0.05, 0.1) is 0 Å². The number of nitrogens with zero attached hydrogens (tertiary/aromatic N) is 1. The number of anilines is 1. The number of hydrogen-bond acceptors (Lipinski definition) is 4. The molecule has 22 heavy (non-hydrogen) atoms. The minimum absolute atomic E-state index is 0.0262. The van der Waals surface area contributed by atoms with E-state index in [-0.39, 0.29) is 23.4 Å². The number of aliphatic imine (C=N–C) groups is 1. The van der Waals surface area contributed by atoms with Crippen LogP contribution in [-0.2, 0) is 14.4 Å². The number of aryl methyl sites for hydroxylation is 1.